The van der Waals surface area contributed by atoms with Crippen molar-refractivity contribution in [3.05, 3.63) is 0 Å². The summed E-state index contributed by atoms with van der Waals surface area (Å²) in [6, 6.07) is 0. The molecule has 30 heavy (non-hydrogen) atoms. The maximum atomic E-state index is 11.8. The van der Waals surface area contributed by atoms with Crippen molar-refractivity contribution in [3.63, 3.8) is 0 Å². The summed E-state index contributed by atoms with van der Waals surface area (Å²) in [6.07, 6.45) is 22.1. The highest BCUT2D eigenvalue weighted by Gasteiger charge is 2.18. The number of hydrogen-bond acceptors (Lipinski definition) is 3. The highest BCUT2D eigenvalue weighted by Crippen LogP contribution is 2.16. The number of carboxylic acid groups (broad SMARTS) is 1. The third kappa shape index (κ3) is 20.1. The van der Waals surface area contributed by atoms with Crippen molar-refractivity contribution in [2.75, 3.05) is 0 Å². The van der Waals surface area contributed by atoms with Crippen molar-refractivity contribution < 1.29 is 19.5 Å². The first-order valence-electron chi connectivity index (χ1n) is 12.7. The van der Waals surface area contributed by atoms with Gasteiger partial charge < -0.3 is 9.90 Å². The first-order valence-corrected chi connectivity index (χ1v) is 12.7. The van der Waals surface area contributed by atoms with Crippen LogP contribution in [0, 0.1) is 5.92 Å². The van der Waals surface area contributed by atoms with Gasteiger partial charge in [0.15, 0.2) is 0 Å². The van der Waals surface area contributed by atoms with Crippen LogP contribution in [0.4, 0.5) is 0 Å². The van der Waals surface area contributed by atoms with Gasteiger partial charge in [-0.25, -0.2) is 0 Å². The van der Waals surface area contributed by atoms with Crippen LogP contribution >= 0.6 is 0 Å². The molecule has 0 aliphatic rings. The second-order valence-corrected chi connectivity index (χ2v) is 9.05. The minimum Gasteiger partial charge on any atom is -0.481 e. The fourth-order valence-corrected chi connectivity index (χ4v) is 3.95. The Balaban J connectivity index is 3.24. The third-order valence-electron chi connectivity index (χ3n) is 6.05. The van der Waals surface area contributed by atoms with Crippen LogP contribution in [0.15, 0.2) is 0 Å². The summed E-state index contributed by atoms with van der Waals surface area (Å²) in [5, 5.41) is 9.00. The van der Waals surface area contributed by atoms with Crippen LogP contribution < -0.4 is 0 Å². The van der Waals surface area contributed by atoms with Crippen molar-refractivity contribution in [1.29, 1.82) is 0 Å². The van der Waals surface area contributed by atoms with E-state index in [1.54, 1.807) is 6.92 Å². The van der Waals surface area contributed by atoms with E-state index in [1.807, 2.05) is 6.92 Å². The van der Waals surface area contributed by atoms with Gasteiger partial charge in [0.1, 0.15) is 11.6 Å². The van der Waals surface area contributed by atoms with E-state index in [0.717, 1.165) is 25.7 Å². The summed E-state index contributed by atoms with van der Waals surface area (Å²) in [4.78, 5) is 33.6. The van der Waals surface area contributed by atoms with E-state index in [9.17, 15) is 14.4 Å². The van der Waals surface area contributed by atoms with Crippen molar-refractivity contribution in [1.82, 2.24) is 0 Å². The van der Waals surface area contributed by atoms with Gasteiger partial charge in [-0.05, 0) is 26.2 Å². The molecule has 0 aromatic rings. The van der Waals surface area contributed by atoms with E-state index >= 15 is 0 Å². The van der Waals surface area contributed by atoms with Gasteiger partial charge >= 0.3 is 5.97 Å². The summed E-state index contributed by atoms with van der Waals surface area (Å²) in [7, 11) is 0. The van der Waals surface area contributed by atoms with Gasteiger partial charge in [-0.15, -0.1) is 0 Å². The van der Waals surface area contributed by atoms with Gasteiger partial charge in [0.25, 0.3) is 0 Å². The second kappa shape index (κ2) is 21.1. The van der Waals surface area contributed by atoms with Crippen molar-refractivity contribution in [2.45, 2.75) is 142 Å². The van der Waals surface area contributed by atoms with Crippen molar-refractivity contribution in [2.24, 2.45) is 5.92 Å². The molecule has 4 heteroatoms. The SMILES string of the molecule is CC[C@H](CC(=O)CCCCCCCCCCCCCCCCCCC(C)=O)C(=O)O. The lowest BCUT2D eigenvalue weighted by Crippen LogP contribution is -2.17. The number of ketones is 2. The Kier molecular flexibility index (Phi) is 20.2. The zero-order valence-corrected chi connectivity index (χ0v) is 19.9. The summed E-state index contributed by atoms with van der Waals surface area (Å²) < 4.78 is 0. The Labute approximate surface area is 185 Å². The average molecular weight is 425 g/mol. The molecule has 1 N–H and O–H groups in total. The number of carbonyl (C=O) groups is 3. The van der Waals surface area contributed by atoms with Gasteiger partial charge in [-0.3, -0.25) is 9.59 Å². The maximum absolute atomic E-state index is 11.8. The molecule has 0 aliphatic carbocycles. The highest BCUT2D eigenvalue weighted by molar-refractivity contribution is 5.83. The lowest BCUT2D eigenvalue weighted by molar-refractivity contribution is -0.143. The van der Waals surface area contributed by atoms with Crippen LogP contribution in [0.3, 0.4) is 0 Å². The van der Waals surface area contributed by atoms with Gasteiger partial charge in [0, 0.05) is 19.3 Å². The van der Waals surface area contributed by atoms with E-state index in [4.69, 9.17) is 5.11 Å². The third-order valence-corrected chi connectivity index (χ3v) is 6.05. The predicted octanol–water partition coefficient (Wildman–Crippen LogP) is 7.67. The maximum Gasteiger partial charge on any atom is 0.306 e. The number of hydrogen-bond donors (Lipinski definition) is 1. The monoisotopic (exact) mass is 424 g/mol. The van der Waals surface area contributed by atoms with Gasteiger partial charge in [-0.2, -0.15) is 0 Å². The normalized spacial score (nSPS) is 12.1. The first-order chi connectivity index (χ1) is 14.5. The molecule has 0 heterocycles. The van der Waals surface area contributed by atoms with Gasteiger partial charge in [-0.1, -0.05) is 96.8 Å². The molecule has 0 fully saturated rings. The lowest BCUT2D eigenvalue weighted by atomic mass is 9.97. The first kappa shape index (κ1) is 28.8. The zero-order chi connectivity index (χ0) is 22.5. The quantitative estimate of drug-likeness (QED) is 0.171. The number of carboxylic acids is 1. The lowest BCUT2D eigenvalue weighted by Gasteiger charge is -2.08. The summed E-state index contributed by atoms with van der Waals surface area (Å²) in [6.45, 7) is 3.51. The number of carbonyl (C=O) groups excluding carboxylic acids is 2. The number of Topliss-reactive ketones (excluding diaryl/α,β-unsaturated/α-hetero) is 2. The molecule has 4 nitrogen and oxygen atoms in total. The van der Waals surface area contributed by atoms with E-state index in [2.05, 4.69) is 0 Å². The molecule has 0 radical (unpaired) electrons. The van der Waals surface area contributed by atoms with E-state index in [0.29, 0.717) is 18.6 Å². The molecule has 0 rings (SSSR count). The van der Waals surface area contributed by atoms with Crippen LogP contribution in [0.25, 0.3) is 0 Å². The topological polar surface area (TPSA) is 71.4 Å². The Morgan fingerprint density at radius 3 is 1.23 bits per heavy atom. The zero-order valence-electron chi connectivity index (χ0n) is 19.9. The average Bonchev–Trinajstić information content (AvgIpc) is 2.70. The standard InChI is InChI=1S/C26H48O4/c1-3-24(26(29)30)22-25(28)21-19-17-15-13-11-9-7-5-4-6-8-10-12-14-16-18-20-23(2)27/h24H,3-22H2,1-2H3,(H,29,30)/t24-/m1/s1. The Morgan fingerprint density at radius 2 is 0.933 bits per heavy atom. The largest absolute Gasteiger partial charge is 0.481 e. The molecule has 0 bridgehead atoms. The summed E-state index contributed by atoms with van der Waals surface area (Å²) in [5.41, 5.74) is 0. The molecule has 0 spiro atoms. The molecule has 0 aromatic heterocycles. The Hall–Kier alpha value is -1.19. The number of rotatable bonds is 23. The van der Waals surface area contributed by atoms with Crippen molar-refractivity contribution >= 4 is 17.5 Å². The van der Waals surface area contributed by atoms with Gasteiger partial charge in [0.05, 0.1) is 5.92 Å². The number of aliphatic carboxylic acids is 1. The molecule has 0 amide bonds. The molecule has 0 aliphatic heterocycles. The van der Waals surface area contributed by atoms with Crippen molar-refractivity contribution in [3.8, 4) is 0 Å². The Morgan fingerprint density at radius 1 is 0.600 bits per heavy atom. The molecule has 1 atom stereocenters. The molecular weight excluding hydrogens is 376 g/mol. The van der Waals surface area contributed by atoms with Crippen LogP contribution in [0.1, 0.15) is 142 Å². The fraction of sp³-hybridized carbons (Fsp3) is 0.885. The predicted molar refractivity (Wildman–Crippen MR) is 125 cm³/mol. The van der Waals surface area contributed by atoms with Crippen LogP contribution in [0.2, 0.25) is 0 Å². The van der Waals surface area contributed by atoms with Crippen LogP contribution in [-0.2, 0) is 14.4 Å². The molecule has 0 aromatic carbocycles. The summed E-state index contributed by atoms with van der Waals surface area (Å²) in [5.74, 6) is -0.914. The van der Waals surface area contributed by atoms with E-state index < -0.39 is 11.9 Å². The minimum absolute atomic E-state index is 0.109. The number of unbranched alkanes of at least 4 members (excludes halogenated alkanes) is 15. The molecule has 176 valence electrons. The van der Waals surface area contributed by atoms with Crippen LogP contribution in [0.5, 0.6) is 0 Å². The Bertz CT molecular complexity index is 444. The van der Waals surface area contributed by atoms with Gasteiger partial charge in [0.2, 0.25) is 0 Å². The smallest absolute Gasteiger partial charge is 0.306 e. The molecule has 0 unspecified atom stereocenters. The fourth-order valence-electron chi connectivity index (χ4n) is 3.95. The second-order valence-electron chi connectivity index (χ2n) is 9.05. The molecular formula is C26H48O4. The highest BCUT2D eigenvalue weighted by atomic mass is 16.4. The van der Waals surface area contributed by atoms with E-state index in [-0.39, 0.29) is 12.2 Å². The molecule has 0 saturated heterocycles. The molecule has 0 saturated carbocycles. The van der Waals surface area contributed by atoms with E-state index in [1.165, 1.54) is 83.5 Å². The van der Waals surface area contributed by atoms with Crippen LogP contribution in [-0.4, -0.2) is 22.6 Å². The minimum atomic E-state index is -0.844. The summed E-state index contributed by atoms with van der Waals surface area (Å²) >= 11 is 0.